The molecular formula is C26H41N3OS. The van der Waals surface area contributed by atoms with Crippen molar-refractivity contribution in [3.05, 3.63) is 35.9 Å². The normalized spacial score (nSPS) is 23.3. The highest BCUT2D eigenvalue weighted by Gasteiger charge is 2.36. The van der Waals surface area contributed by atoms with Gasteiger partial charge in [-0.15, -0.1) is 0 Å². The van der Waals surface area contributed by atoms with E-state index in [0.29, 0.717) is 24.4 Å². The third kappa shape index (κ3) is 7.28. The number of thiocarbonyl (C=S) groups is 1. The van der Waals surface area contributed by atoms with Crippen LogP contribution in [0, 0.1) is 11.3 Å². The number of benzene rings is 1. The van der Waals surface area contributed by atoms with Gasteiger partial charge < -0.3 is 15.5 Å². The molecule has 1 amide bonds. The molecule has 0 spiro atoms. The molecule has 1 saturated carbocycles. The van der Waals surface area contributed by atoms with Crippen LogP contribution < -0.4 is 10.6 Å². The number of carbonyl (C=O) groups is 1. The second-order valence-corrected chi connectivity index (χ2v) is 10.9. The largest absolute Gasteiger partial charge is 0.375 e. The van der Waals surface area contributed by atoms with Gasteiger partial charge in [0, 0.05) is 44.1 Å². The smallest absolute Gasteiger partial charge is 0.226 e. The molecule has 5 heteroatoms. The van der Waals surface area contributed by atoms with E-state index in [0.717, 1.165) is 43.9 Å². The summed E-state index contributed by atoms with van der Waals surface area (Å²) in [7, 11) is 0. The summed E-state index contributed by atoms with van der Waals surface area (Å²) >= 11 is 5.82. The summed E-state index contributed by atoms with van der Waals surface area (Å²) in [4.78, 5) is 16.2. The van der Waals surface area contributed by atoms with Gasteiger partial charge in [0.1, 0.15) is 0 Å². The lowest BCUT2D eigenvalue weighted by Crippen LogP contribution is -2.52. The van der Waals surface area contributed by atoms with Crippen LogP contribution in [0.2, 0.25) is 0 Å². The summed E-state index contributed by atoms with van der Waals surface area (Å²) in [5.41, 5.74) is 1.21. The van der Waals surface area contributed by atoms with Crippen LogP contribution in [0.3, 0.4) is 0 Å². The Bertz CT molecular complexity index is 709. The first-order chi connectivity index (χ1) is 14.8. The molecule has 1 aliphatic carbocycles. The van der Waals surface area contributed by atoms with E-state index in [2.05, 4.69) is 66.6 Å². The van der Waals surface area contributed by atoms with Gasteiger partial charge in [0.05, 0.1) is 4.99 Å². The molecule has 2 aliphatic rings. The molecule has 0 unspecified atom stereocenters. The molecule has 1 saturated heterocycles. The van der Waals surface area contributed by atoms with E-state index in [4.69, 9.17) is 12.2 Å². The molecular weight excluding hydrogens is 402 g/mol. The Morgan fingerprint density at radius 1 is 1.03 bits per heavy atom. The zero-order valence-electron chi connectivity index (χ0n) is 19.7. The second-order valence-electron chi connectivity index (χ2n) is 10.4. The fourth-order valence-electron chi connectivity index (χ4n) is 4.94. The molecule has 1 aliphatic heterocycles. The van der Waals surface area contributed by atoms with Crippen LogP contribution in [0.1, 0.15) is 77.7 Å². The van der Waals surface area contributed by atoms with E-state index >= 15 is 0 Å². The van der Waals surface area contributed by atoms with Crippen molar-refractivity contribution < 1.29 is 4.79 Å². The lowest BCUT2D eigenvalue weighted by molar-refractivity contribution is -0.139. The number of carbonyl (C=O) groups excluding carboxylic acids is 1. The predicted octanol–water partition coefficient (Wildman–Crippen LogP) is 5.07. The molecule has 1 heterocycles. The molecule has 1 aromatic rings. The number of amides is 1. The van der Waals surface area contributed by atoms with Crippen LogP contribution in [-0.4, -0.2) is 41.0 Å². The molecule has 31 heavy (non-hydrogen) atoms. The van der Waals surface area contributed by atoms with Gasteiger partial charge in [0.2, 0.25) is 5.91 Å². The van der Waals surface area contributed by atoms with Crippen molar-refractivity contribution in [2.45, 2.75) is 90.8 Å². The van der Waals surface area contributed by atoms with Crippen LogP contribution in [0.4, 0.5) is 0 Å². The van der Waals surface area contributed by atoms with Crippen LogP contribution in [-0.2, 0) is 11.3 Å². The number of rotatable bonds is 7. The van der Waals surface area contributed by atoms with Crippen molar-refractivity contribution in [2.75, 3.05) is 13.1 Å². The van der Waals surface area contributed by atoms with Crippen molar-refractivity contribution in [2.24, 2.45) is 11.3 Å². The van der Waals surface area contributed by atoms with E-state index in [1.807, 2.05) is 0 Å². The standard InChI is InChI=1S/C26H41N3OS/c1-26(2,3)21(25(30)29-16-10-5-11-17-29)18-24(31)28-23-15-9-8-14-22(23)27-19-20-12-6-4-7-13-20/h4,6-7,12-13,21-23,27H,5,8-11,14-19H2,1-3H3,(H,28,31)/t21-,22+,23+/m1/s1. The number of nitrogens with zero attached hydrogens (tertiary/aromatic N) is 1. The molecule has 0 radical (unpaired) electrons. The van der Waals surface area contributed by atoms with Gasteiger partial charge in [-0.1, -0.05) is 76.2 Å². The molecule has 0 bridgehead atoms. The summed E-state index contributed by atoms with van der Waals surface area (Å²) in [5, 5.41) is 7.42. The van der Waals surface area contributed by atoms with E-state index in [1.54, 1.807) is 0 Å². The van der Waals surface area contributed by atoms with Gasteiger partial charge in [-0.05, 0) is 43.1 Å². The van der Waals surface area contributed by atoms with Crippen molar-refractivity contribution in [3.8, 4) is 0 Å². The second kappa shape index (κ2) is 11.4. The summed E-state index contributed by atoms with van der Waals surface area (Å²) in [6, 6.07) is 11.3. The van der Waals surface area contributed by atoms with E-state index < -0.39 is 0 Å². The quantitative estimate of drug-likeness (QED) is 0.578. The Hall–Kier alpha value is -1.46. The van der Waals surface area contributed by atoms with Crippen molar-refractivity contribution in [1.29, 1.82) is 0 Å². The first-order valence-electron chi connectivity index (χ1n) is 12.2. The van der Waals surface area contributed by atoms with Crippen molar-refractivity contribution in [1.82, 2.24) is 15.5 Å². The van der Waals surface area contributed by atoms with Crippen LogP contribution in [0.5, 0.6) is 0 Å². The van der Waals surface area contributed by atoms with Crippen LogP contribution in [0.15, 0.2) is 30.3 Å². The van der Waals surface area contributed by atoms with Gasteiger partial charge in [0.25, 0.3) is 0 Å². The Balaban J connectivity index is 1.58. The number of piperidine rings is 1. The number of nitrogens with one attached hydrogen (secondary N) is 2. The highest BCUT2D eigenvalue weighted by atomic mass is 32.1. The minimum absolute atomic E-state index is 0.0649. The summed E-state index contributed by atoms with van der Waals surface area (Å²) in [6.07, 6.45) is 8.94. The average Bonchev–Trinajstić information content (AvgIpc) is 2.77. The van der Waals surface area contributed by atoms with Crippen molar-refractivity contribution >= 4 is 23.1 Å². The Labute approximate surface area is 194 Å². The maximum atomic E-state index is 13.3. The topological polar surface area (TPSA) is 44.4 Å². The highest BCUT2D eigenvalue weighted by molar-refractivity contribution is 7.80. The first kappa shape index (κ1) is 24.2. The van der Waals surface area contributed by atoms with Gasteiger partial charge in [-0.25, -0.2) is 0 Å². The van der Waals surface area contributed by atoms with Gasteiger partial charge in [0.15, 0.2) is 0 Å². The maximum absolute atomic E-state index is 13.3. The van der Waals surface area contributed by atoms with Crippen LogP contribution >= 0.6 is 12.2 Å². The Kier molecular flexibility index (Phi) is 8.91. The van der Waals surface area contributed by atoms with Gasteiger partial charge in [-0.3, -0.25) is 4.79 Å². The molecule has 1 aromatic carbocycles. The van der Waals surface area contributed by atoms with E-state index in [9.17, 15) is 4.79 Å². The molecule has 0 aromatic heterocycles. The van der Waals surface area contributed by atoms with E-state index in [1.165, 1.54) is 31.2 Å². The molecule has 3 atom stereocenters. The molecule has 2 fully saturated rings. The molecule has 2 N–H and O–H groups in total. The van der Waals surface area contributed by atoms with Gasteiger partial charge >= 0.3 is 0 Å². The zero-order chi connectivity index (χ0) is 22.3. The molecule has 3 rings (SSSR count). The average molecular weight is 444 g/mol. The monoisotopic (exact) mass is 443 g/mol. The maximum Gasteiger partial charge on any atom is 0.226 e. The zero-order valence-corrected chi connectivity index (χ0v) is 20.5. The third-order valence-corrected chi connectivity index (χ3v) is 7.21. The van der Waals surface area contributed by atoms with Crippen molar-refractivity contribution in [3.63, 3.8) is 0 Å². The van der Waals surface area contributed by atoms with Crippen LogP contribution in [0.25, 0.3) is 0 Å². The predicted molar refractivity (Wildman–Crippen MR) is 133 cm³/mol. The minimum atomic E-state index is -0.0994. The van der Waals surface area contributed by atoms with Gasteiger partial charge in [-0.2, -0.15) is 0 Å². The third-order valence-electron chi connectivity index (χ3n) is 6.92. The summed E-state index contributed by atoms with van der Waals surface area (Å²) in [6.45, 7) is 9.21. The fraction of sp³-hybridized carbons (Fsp3) is 0.692. The number of hydrogen-bond acceptors (Lipinski definition) is 3. The Morgan fingerprint density at radius 3 is 2.32 bits per heavy atom. The summed E-state index contributed by atoms with van der Waals surface area (Å²) in [5.74, 6) is 0.226. The minimum Gasteiger partial charge on any atom is -0.375 e. The first-order valence-corrected chi connectivity index (χ1v) is 12.6. The number of likely N-dealkylation sites (tertiary alicyclic amines) is 1. The fourth-order valence-corrected chi connectivity index (χ4v) is 5.26. The molecule has 4 nitrogen and oxygen atoms in total. The van der Waals surface area contributed by atoms with E-state index in [-0.39, 0.29) is 11.3 Å². The highest BCUT2D eigenvalue weighted by Crippen LogP contribution is 2.32. The Morgan fingerprint density at radius 2 is 1.68 bits per heavy atom. The summed E-state index contributed by atoms with van der Waals surface area (Å²) < 4.78 is 0. The number of hydrogen-bond donors (Lipinski definition) is 2. The lowest BCUT2D eigenvalue weighted by atomic mass is 9.77. The lowest BCUT2D eigenvalue weighted by Gasteiger charge is -2.38. The SMILES string of the molecule is CC(C)(C)[C@H](CC(=S)N[C@H]1CCCC[C@@H]1NCc1ccccc1)C(=O)N1CCCCC1. The molecule has 172 valence electrons.